The second-order valence-electron chi connectivity index (χ2n) is 4.89. The van der Waals surface area contributed by atoms with Crippen LogP contribution in [-0.2, 0) is 15.6 Å². The molecule has 1 saturated carbocycles. The highest BCUT2D eigenvalue weighted by atomic mass is 35.5. The summed E-state index contributed by atoms with van der Waals surface area (Å²) in [5, 5.41) is 0.0907. The minimum Gasteiger partial charge on any atom is -0.327 e. The predicted octanol–water partition coefficient (Wildman–Crippen LogP) is 2.52. The van der Waals surface area contributed by atoms with Crippen molar-refractivity contribution in [3.05, 3.63) is 34.9 Å². The largest absolute Gasteiger partial charge is 0.327 e. The van der Waals surface area contributed by atoms with Crippen molar-refractivity contribution in [3.63, 3.8) is 0 Å². The second kappa shape index (κ2) is 5.59. The third-order valence-electron chi connectivity index (χ3n) is 3.53. The summed E-state index contributed by atoms with van der Waals surface area (Å²) in [6, 6.07) is 6.84. The summed E-state index contributed by atoms with van der Waals surface area (Å²) in [7, 11) is -3.22. The highest BCUT2D eigenvalue weighted by molar-refractivity contribution is 7.91. The molecule has 1 aliphatic carbocycles. The van der Waals surface area contributed by atoms with Crippen molar-refractivity contribution >= 4 is 21.4 Å². The zero-order valence-electron chi connectivity index (χ0n) is 10.2. The van der Waals surface area contributed by atoms with E-state index < -0.39 is 15.1 Å². The molecule has 2 atom stereocenters. The maximum Gasteiger partial charge on any atom is 0.158 e. The molecule has 2 unspecified atom stereocenters. The molecule has 0 amide bonds. The van der Waals surface area contributed by atoms with Crippen LogP contribution in [0, 0.1) is 0 Å². The molecule has 1 aromatic carbocycles. The zero-order valence-corrected chi connectivity index (χ0v) is 11.8. The fraction of sp³-hybridized carbons (Fsp3) is 0.538. The lowest BCUT2D eigenvalue weighted by Gasteiger charge is -2.28. The molecule has 3 nitrogen and oxygen atoms in total. The van der Waals surface area contributed by atoms with Gasteiger partial charge in [0.2, 0.25) is 0 Å². The Kier molecular flexibility index (Phi) is 4.30. The Bertz CT molecular complexity index is 515. The van der Waals surface area contributed by atoms with Crippen LogP contribution in [0.15, 0.2) is 24.3 Å². The van der Waals surface area contributed by atoms with E-state index in [0.717, 1.165) is 19.3 Å². The van der Waals surface area contributed by atoms with Crippen molar-refractivity contribution in [2.45, 2.75) is 42.7 Å². The highest BCUT2D eigenvalue weighted by Gasteiger charge is 2.33. The van der Waals surface area contributed by atoms with Gasteiger partial charge in [0.15, 0.2) is 9.84 Å². The van der Waals surface area contributed by atoms with Crippen LogP contribution in [0.4, 0.5) is 0 Å². The van der Waals surface area contributed by atoms with Gasteiger partial charge in [0.1, 0.15) is 0 Å². The minimum atomic E-state index is -3.22. The van der Waals surface area contributed by atoms with Crippen molar-refractivity contribution in [1.29, 1.82) is 0 Å². The lowest BCUT2D eigenvalue weighted by atomic mass is 9.96. The van der Waals surface area contributed by atoms with E-state index in [4.69, 9.17) is 17.3 Å². The molecule has 0 aliphatic heterocycles. The van der Waals surface area contributed by atoms with E-state index >= 15 is 0 Å². The van der Waals surface area contributed by atoms with E-state index in [-0.39, 0.29) is 11.8 Å². The summed E-state index contributed by atoms with van der Waals surface area (Å²) in [6.07, 6.45) is 3.44. The van der Waals surface area contributed by atoms with Crippen molar-refractivity contribution in [2.24, 2.45) is 5.73 Å². The van der Waals surface area contributed by atoms with Gasteiger partial charge in [-0.2, -0.15) is 0 Å². The summed E-state index contributed by atoms with van der Waals surface area (Å²) in [5.41, 5.74) is 6.61. The molecular formula is C13H18ClNO2S. The van der Waals surface area contributed by atoms with Crippen molar-refractivity contribution in [2.75, 3.05) is 0 Å². The van der Waals surface area contributed by atoms with Gasteiger partial charge >= 0.3 is 0 Å². The Morgan fingerprint density at radius 2 is 1.89 bits per heavy atom. The summed E-state index contributed by atoms with van der Waals surface area (Å²) in [4.78, 5) is 0. The molecule has 0 heterocycles. The summed E-state index contributed by atoms with van der Waals surface area (Å²) in [5.74, 6) is -0.00889. The molecule has 2 rings (SSSR count). The van der Waals surface area contributed by atoms with Gasteiger partial charge in [-0.15, -0.1) is 0 Å². The van der Waals surface area contributed by atoms with E-state index in [1.807, 2.05) is 0 Å². The van der Waals surface area contributed by atoms with Crippen molar-refractivity contribution < 1.29 is 8.42 Å². The van der Waals surface area contributed by atoms with E-state index in [2.05, 4.69) is 0 Å². The molecule has 18 heavy (non-hydrogen) atoms. The molecule has 0 spiro atoms. The van der Waals surface area contributed by atoms with Gasteiger partial charge < -0.3 is 5.73 Å². The SMILES string of the molecule is NC1CCCCC1S(=O)(=O)Cc1ccccc1Cl. The smallest absolute Gasteiger partial charge is 0.158 e. The Labute approximate surface area is 113 Å². The maximum absolute atomic E-state index is 12.4. The molecule has 0 radical (unpaired) electrons. The number of rotatable bonds is 3. The van der Waals surface area contributed by atoms with E-state index in [0.29, 0.717) is 17.0 Å². The second-order valence-corrected chi connectivity index (χ2v) is 7.51. The number of hydrogen-bond donors (Lipinski definition) is 1. The van der Waals surface area contributed by atoms with Crippen LogP contribution in [-0.4, -0.2) is 19.7 Å². The van der Waals surface area contributed by atoms with Crippen LogP contribution in [0.5, 0.6) is 0 Å². The first kappa shape index (κ1) is 13.8. The Morgan fingerprint density at radius 1 is 1.22 bits per heavy atom. The minimum absolute atomic E-state index is 0.00889. The lowest BCUT2D eigenvalue weighted by molar-refractivity contribution is 0.431. The molecule has 1 aromatic rings. The molecule has 0 saturated heterocycles. The van der Waals surface area contributed by atoms with E-state index in [9.17, 15) is 8.42 Å². The third-order valence-corrected chi connectivity index (χ3v) is 6.12. The molecular weight excluding hydrogens is 270 g/mol. The molecule has 1 fully saturated rings. The van der Waals surface area contributed by atoms with Gasteiger partial charge in [0.05, 0.1) is 11.0 Å². The molecule has 5 heteroatoms. The molecule has 2 N–H and O–H groups in total. The van der Waals surface area contributed by atoms with Gasteiger partial charge in [0, 0.05) is 11.1 Å². The van der Waals surface area contributed by atoms with Gasteiger partial charge in [-0.25, -0.2) is 8.42 Å². The van der Waals surface area contributed by atoms with Gasteiger partial charge in [-0.3, -0.25) is 0 Å². The number of nitrogens with two attached hydrogens (primary N) is 1. The quantitative estimate of drug-likeness (QED) is 0.929. The fourth-order valence-corrected chi connectivity index (χ4v) is 4.89. The number of sulfone groups is 1. The number of hydrogen-bond acceptors (Lipinski definition) is 3. The van der Waals surface area contributed by atoms with Crippen LogP contribution in [0.3, 0.4) is 0 Å². The first-order chi connectivity index (χ1) is 8.50. The third kappa shape index (κ3) is 3.05. The van der Waals surface area contributed by atoms with Crippen LogP contribution < -0.4 is 5.73 Å². The number of halogens is 1. The monoisotopic (exact) mass is 287 g/mol. The lowest BCUT2D eigenvalue weighted by Crippen LogP contribution is -2.43. The molecule has 100 valence electrons. The van der Waals surface area contributed by atoms with Gasteiger partial charge in [-0.05, 0) is 24.5 Å². The summed E-state index contributed by atoms with van der Waals surface area (Å²) in [6.45, 7) is 0. The Balaban J connectivity index is 2.19. The van der Waals surface area contributed by atoms with E-state index in [1.165, 1.54) is 0 Å². The Hall–Kier alpha value is -0.580. The van der Waals surface area contributed by atoms with Crippen molar-refractivity contribution in [1.82, 2.24) is 0 Å². The molecule has 1 aliphatic rings. The fourth-order valence-electron chi connectivity index (χ4n) is 2.51. The van der Waals surface area contributed by atoms with Crippen LogP contribution in [0.1, 0.15) is 31.2 Å². The highest BCUT2D eigenvalue weighted by Crippen LogP contribution is 2.27. The maximum atomic E-state index is 12.4. The van der Waals surface area contributed by atoms with E-state index in [1.54, 1.807) is 24.3 Å². The summed E-state index contributed by atoms with van der Waals surface area (Å²) < 4.78 is 24.8. The van der Waals surface area contributed by atoms with Crippen LogP contribution in [0.2, 0.25) is 5.02 Å². The molecule has 0 bridgehead atoms. The summed E-state index contributed by atoms with van der Waals surface area (Å²) >= 11 is 6.01. The first-order valence-electron chi connectivity index (χ1n) is 6.21. The van der Waals surface area contributed by atoms with Gasteiger partial charge in [-0.1, -0.05) is 42.6 Å². The van der Waals surface area contributed by atoms with Crippen molar-refractivity contribution in [3.8, 4) is 0 Å². The molecule has 0 aromatic heterocycles. The standard InChI is InChI=1S/C13H18ClNO2S/c14-11-6-2-1-5-10(11)9-18(16,17)13-8-4-3-7-12(13)15/h1-2,5-6,12-13H,3-4,7-9,15H2. The normalized spacial score (nSPS) is 25.0. The topological polar surface area (TPSA) is 60.2 Å². The average Bonchev–Trinajstić information content (AvgIpc) is 2.32. The first-order valence-corrected chi connectivity index (χ1v) is 8.30. The van der Waals surface area contributed by atoms with Crippen LogP contribution in [0.25, 0.3) is 0 Å². The predicted molar refractivity (Wildman–Crippen MR) is 74.3 cm³/mol. The zero-order chi connectivity index (χ0) is 13.2. The number of benzene rings is 1. The Morgan fingerprint density at radius 3 is 2.56 bits per heavy atom. The average molecular weight is 288 g/mol. The van der Waals surface area contributed by atoms with Crippen LogP contribution >= 0.6 is 11.6 Å². The van der Waals surface area contributed by atoms with Gasteiger partial charge in [0.25, 0.3) is 0 Å².